The minimum absolute atomic E-state index is 0.0794. The lowest BCUT2D eigenvalue weighted by Gasteiger charge is -2.27. The van der Waals surface area contributed by atoms with E-state index < -0.39 is 0 Å². The standard InChI is InChI=1S/C58H46BN2S/c1-56(2,3)32-20-22-33(23-21-32)60-49-31-47-39(34-14-8-11-17-44(34)58(47,6)7)26-41(49)37-24-25-38-42-29-53-43(36-16-10-13-19-52(36)62-53)28-50(42)61-51-27-40-35-15-9-12-18-45(35)57(4,5)46(40)30-48(51)59-54(37)55(38)61/h8-31,60H,1-7H3. The van der Waals surface area contributed by atoms with Gasteiger partial charge in [-0.1, -0.05) is 151 Å². The molecule has 8 aromatic carbocycles. The third-order valence-electron chi connectivity index (χ3n) is 14.8. The van der Waals surface area contributed by atoms with Crippen LogP contribution in [0, 0.1) is 0 Å². The Labute approximate surface area is 368 Å². The predicted molar refractivity (Wildman–Crippen MR) is 268 cm³/mol. The van der Waals surface area contributed by atoms with Crippen LogP contribution in [0.15, 0.2) is 146 Å². The number of hydrogen-bond donors (Lipinski definition) is 1. The maximum absolute atomic E-state index is 3.99. The summed E-state index contributed by atoms with van der Waals surface area (Å²) in [5.74, 6) is 0. The molecule has 4 heteroatoms. The summed E-state index contributed by atoms with van der Waals surface area (Å²) in [5, 5.41) is 9.24. The van der Waals surface area contributed by atoms with Gasteiger partial charge in [0.25, 0.3) is 0 Å². The maximum Gasteiger partial charge on any atom is 0.197 e. The monoisotopic (exact) mass is 813 g/mol. The van der Waals surface area contributed by atoms with Crippen LogP contribution in [0.1, 0.15) is 76.3 Å². The Hall–Kier alpha value is -6.36. The molecule has 1 radical (unpaired) electrons. The molecule has 297 valence electrons. The van der Waals surface area contributed by atoms with E-state index in [0.29, 0.717) is 0 Å². The molecule has 0 saturated carbocycles. The van der Waals surface area contributed by atoms with Crippen molar-refractivity contribution in [3.8, 4) is 39.1 Å². The second-order valence-corrected chi connectivity index (χ2v) is 21.1. The highest BCUT2D eigenvalue weighted by atomic mass is 32.1. The number of thiophene rings is 1. The van der Waals surface area contributed by atoms with E-state index in [9.17, 15) is 0 Å². The van der Waals surface area contributed by atoms with E-state index in [4.69, 9.17) is 0 Å². The molecule has 2 aromatic heterocycles. The molecule has 1 N–H and O–H groups in total. The van der Waals surface area contributed by atoms with Gasteiger partial charge in [-0.15, -0.1) is 11.3 Å². The first kappa shape index (κ1) is 36.3. The fraction of sp³-hybridized carbons (Fsp3) is 0.172. The van der Waals surface area contributed by atoms with Gasteiger partial charge >= 0.3 is 0 Å². The fourth-order valence-electron chi connectivity index (χ4n) is 11.5. The third kappa shape index (κ3) is 4.82. The average molecular weight is 814 g/mol. The quantitative estimate of drug-likeness (QED) is 0.176. The molecule has 3 aliphatic rings. The number of benzene rings is 8. The van der Waals surface area contributed by atoms with Crippen molar-refractivity contribution in [2.75, 3.05) is 5.32 Å². The van der Waals surface area contributed by atoms with Gasteiger partial charge in [-0.2, -0.15) is 0 Å². The van der Waals surface area contributed by atoms with E-state index in [1.807, 2.05) is 11.3 Å². The SMILES string of the molecule is CC(C)(C)c1ccc(Nc2cc3c(cc2-c2ccc4c5cc6sc7ccccc7c6cc5n5c4c2[B]c2cc4c(cc2-5)-c2ccccc2C4(C)C)-c2ccccc2C3(C)C)cc1. The smallest absolute Gasteiger partial charge is 0.197 e. The molecule has 0 bridgehead atoms. The van der Waals surface area contributed by atoms with E-state index >= 15 is 0 Å². The third-order valence-corrected chi connectivity index (χ3v) is 15.9. The molecular formula is C58H46BN2S. The van der Waals surface area contributed by atoms with Crippen molar-refractivity contribution in [3.63, 3.8) is 0 Å². The number of rotatable bonds is 3. The van der Waals surface area contributed by atoms with Crippen molar-refractivity contribution < 1.29 is 0 Å². The van der Waals surface area contributed by atoms with Crippen molar-refractivity contribution in [2.24, 2.45) is 0 Å². The molecule has 0 atom stereocenters. The topological polar surface area (TPSA) is 17.0 Å². The Morgan fingerprint density at radius 2 is 1.18 bits per heavy atom. The Balaban J connectivity index is 1.11. The van der Waals surface area contributed by atoms with Gasteiger partial charge in [-0.3, -0.25) is 0 Å². The van der Waals surface area contributed by atoms with E-state index in [1.54, 1.807) is 0 Å². The Bertz CT molecular complexity index is 3610. The number of hydrogen-bond acceptors (Lipinski definition) is 2. The molecule has 1 aliphatic heterocycles. The van der Waals surface area contributed by atoms with Gasteiger partial charge in [0.15, 0.2) is 7.28 Å². The molecule has 0 saturated heterocycles. The summed E-state index contributed by atoms with van der Waals surface area (Å²) >= 11 is 1.90. The minimum Gasteiger partial charge on any atom is -0.355 e. The van der Waals surface area contributed by atoms with E-state index in [-0.39, 0.29) is 16.2 Å². The van der Waals surface area contributed by atoms with Gasteiger partial charge in [0.1, 0.15) is 0 Å². The van der Waals surface area contributed by atoms with Crippen LogP contribution in [-0.4, -0.2) is 11.8 Å². The molecule has 2 nitrogen and oxygen atoms in total. The van der Waals surface area contributed by atoms with Crippen molar-refractivity contribution >= 4 is 82.9 Å². The molecule has 2 aliphatic carbocycles. The summed E-state index contributed by atoms with van der Waals surface area (Å²) in [6, 6.07) is 55.7. The minimum atomic E-state index is -0.130. The first-order chi connectivity index (χ1) is 29.9. The van der Waals surface area contributed by atoms with Gasteiger partial charge in [-0.05, 0) is 115 Å². The fourth-order valence-corrected chi connectivity index (χ4v) is 12.6. The zero-order valence-corrected chi connectivity index (χ0v) is 37.1. The normalized spacial score (nSPS) is 15.1. The molecule has 0 fully saturated rings. The number of fused-ring (bicyclic) bond motifs is 14. The molecular weight excluding hydrogens is 768 g/mol. The molecule has 0 spiro atoms. The molecule has 0 unspecified atom stereocenters. The Kier molecular flexibility index (Phi) is 7.13. The number of nitrogens with one attached hydrogen (secondary N) is 1. The first-order valence-corrected chi connectivity index (χ1v) is 22.9. The maximum atomic E-state index is 3.99. The van der Waals surface area contributed by atoms with E-state index in [0.717, 1.165) is 11.4 Å². The average Bonchev–Trinajstić information content (AvgIpc) is 3.93. The second-order valence-electron chi connectivity index (χ2n) is 20.1. The van der Waals surface area contributed by atoms with Gasteiger partial charge in [0, 0.05) is 69.9 Å². The zero-order chi connectivity index (χ0) is 42.0. The highest BCUT2D eigenvalue weighted by Crippen LogP contribution is 2.53. The van der Waals surface area contributed by atoms with Crippen LogP contribution in [0.2, 0.25) is 0 Å². The molecule has 10 aromatic rings. The zero-order valence-electron chi connectivity index (χ0n) is 36.3. The first-order valence-electron chi connectivity index (χ1n) is 22.1. The number of aromatic nitrogens is 1. The largest absolute Gasteiger partial charge is 0.355 e. The van der Waals surface area contributed by atoms with Gasteiger partial charge < -0.3 is 9.88 Å². The van der Waals surface area contributed by atoms with Crippen LogP contribution in [0.25, 0.3) is 81.0 Å². The lowest BCUT2D eigenvalue weighted by atomic mass is 9.58. The molecule has 62 heavy (non-hydrogen) atoms. The van der Waals surface area contributed by atoms with Gasteiger partial charge in [0.05, 0.1) is 5.52 Å². The summed E-state index contributed by atoms with van der Waals surface area (Å²) in [6.45, 7) is 16.4. The Morgan fingerprint density at radius 3 is 1.90 bits per heavy atom. The van der Waals surface area contributed by atoms with Crippen molar-refractivity contribution in [1.82, 2.24) is 4.57 Å². The molecule has 13 rings (SSSR count). The lowest BCUT2D eigenvalue weighted by molar-refractivity contribution is 0.590. The van der Waals surface area contributed by atoms with Crippen LogP contribution < -0.4 is 16.2 Å². The summed E-state index contributed by atoms with van der Waals surface area (Å²) in [4.78, 5) is 0. The lowest BCUT2D eigenvalue weighted by Crippen LogP contribution is -2.38. The predicted octanol–water partition coefficient (Wildman–Crippen LogP) is 14.4. The van der Waals surface area contributed by atoms with Crippen LogP contribution in [-0.2, 0) is 16.2 Å². The van der Waals surface area contributed by atoms with Crippen LogP contribution in [0.5, 0.6) is 0 Å². The molecule has 3 heterocycles. The second kappa shape index (κ2) is 12.2. The van der Waals surface area contributed by atoms with Gasteiger partial charge in [0.2, 0.25) is 0 Å². The van der Waals surface area contributed by atoms with Crippen molar-refractivity contribution in [2.45, 2.75) is 64.7 Å². The number of nitrogens with zero attached hydrogens (tertiary/aromatic N) is 1. The summed E-state index contributed by atoms with van der Waals surface area (Å²) in [6.07, 6.45) is 0. The van der Waals surface area contributed by atoms with Crippen molar-refractivity contribution in [1.29, 1.82) is 0 Å². The Morgan fingerprint density at radius 1 is 0.516 bits per heavy atom. The number of anilines is 2. The van der Waals surface area contributed by atoms with Crippen LogP contribution in [0.4, 0.5) is 11.4 Å². The van der Waals surface area contributed by atoms with Crippen LogP contribution in [0.3, 0.4) is 0 Å². The summed E-state index contributed by atoms with van der Waals surface area (Å²) in [7, 11) is 2.51. The van der Waals surface area contributed by atoms with E-state index in [2.05, 4.69) is 211 Å². The highest BCUT2D eigenvalue weighted by Gasteiger charge is 2.39. The van der Waals surface area contributed by atoms with Crippen molar-refractivity contribution in [3.05, 3.63) is 173 Å². The summed E-state index contributed by atoms with van der Waals surface area (Å²) in [5.41, 5.74) is 23.0. The van der Waals surface area contributed by atoms with Gasteiger partial charge in [-0.25, -0.2) is 0 Å². The highest BCUT2D eigenvalue weighted by molar-refractivity contribution is 7.25. The van der Waals surface area contributed by atoms with Crippen LogP contribution >= 0.6 is 11.3 Å². The molecule has 0 amide bonds. The summed E-state index contributed by atoms with van der Waals surface area (Å²) < 4.78 is 5.28. The van der Waals surface area contributed by atoms with E-state index in [1.165, 1.54) is 120 Å².